The molecule has 3 nitrogen and oxygen atoms in total. The molecule has 0 aromatic heterocycles. The highest BCUT2D eigenvalue weighted by Crippen LogP contribution is 2.31. The number of ketones is 1. The number of rotatable bonds is 3. The van der Waals surface area contributed by atoms with Crippen molar-refractivity contribution in [3.05, 3.63) is 35.6 Å². The number of hydrogen-bond acceptors (Lipinski definition) is 3. The Labute approximate surface area is 86.5 Å². The summed E-state index contributed by atoms with van der Waals surface area (Å²) in [5.74, 6) is -0.934. The van der Waals surface area contributed by atoms with Gasteiger partial charge in [0.25, 0.3) is 0 Å². The van der Waals surface area contributed by atoms with Crippen LogP contribution in [0.3, 0.4) is 0 Å². The van der Waals surface area contributed by atoms with Crippen LogP contribution in [0.2, 0.25) is 0 Å². The van der Waals surface area contributed by atoms with E-state index in [0.29, 0.717) is 0 Å². The van der Waals surface area contributed by atoms with Gasteiger partial charge in [-0.2, -0.15) is 0 Å². The second-order valence-corrected chi connectivity index (χ2v) is 3.74. The van der Waals surface area contributed by atoms with Crippen LogP contribution in [0.1, 0.15) is 10.4 Å². The molecule has 1 saturated heterocycles. The van der Waals surface area contributed by atoms with Crippen molar-refractivity contribution in [2.45, 2.75) is 0 Å². The van der Waals surface area contributed by atoms with E-state index in [9.17, 15) is 9.18 Å². The van der Waals surface area contributed by atoms with E-state index in [-0.39, 0.29) is 31.2 Å². The van der Waals surface area contributed by atoms with E-state index in [0.717, 1.165) is 0 Å². The fourth-order valence-electron chi connectivity index (χ4n) is 1.57. The molecule has 0 saturated carbocycles. The summed E-state index contributed by atoms with van der Waals surface area (Å²) in [6.45, 7) is 0.0213. The topological polar surface area (TPSA) is 46.5 Å². The maximum Gasteiger partial charge on any atom is 0.178 e. The third kappa shape index (κ3) is 1.56. The molecule has 1 aliphatic rings. The fourth-order valence-corrected chi connectivity index (χ4v) is 1.57. The van der Waals surface area contributed by atoms with Gasteiger partial charge in [0.1, 0.15) is 11.2 Å². The summed E-state index contributed by atoms with van der Waals surface area (Å²) in [7, 11) is 0. The Morgan fingerprint density at radius 1 is 1.47 bits per heavy atom. The van der Waals surface area contributed by atoms with Crippen LogP contribution in [0.15, 0.2) is 24.3 Å². The second-order valence-electron chi connectivity index (χ2n) is 3.74. The Morgan fingerprint density at radius 3 is 2.60 bits per heavy atom. The number of Topliss-reactive ketones (excluding diaryl/α,β-unsaturated/α-hetero) is 1. The molecule has 0 spiro atoms. The number of halogens is 1. The van der Waals surface area contributed by atoms with Crippen molar-refractivity contribution in [2.75, 3.05) is 19.8 Å². The molecular formula is C11H11FO3. The molecule has 4 heteroatoms. The van der Waals surface area contributed by atoms with Gasteiger partial charge in [-0.25, -0.2) is 4.39 Å². The first kappa shape index (κ1) is 10.3. The van der Waals surface area contributed by atoms with Gasteiger partial charge in [0.05, 0.1) is 25.4 Å². The average molecular weight is 210 g/mol. The number of aliphatic hydroxyl groups excluding tert-OH is 1. The number of hydrogen-bond donors (Lipinski definition) is 1. The summed E-state index contributed by atoms with van der Waals surface area (Å²) in [6, 6.07) is 5.78. The molecular weight excluding hydrogens is 199 g/mol. The molecule has 0 unspecified atom stereocenters. The zero-order valence-corrected chi connectivity index (χ0v) is 8.07. The van der Waals surface area contributed by atoms with Crippen molar-refractivity contribution in [3.8, 4) is 0 Å². The molecule has 0 amide bonds. The Balaban J connectivity index is 2.32. The highest BCUT2D eigenvalue weighted by atomic mass is 19.1. The average Bonchev–Trinajstić information content (AvgIpc) is 2.17. The molecule has 0 atom stereocenters. The molecule has 0 bridgehead atoms. The third-order valence-corrected chi connectivity index (χ3v) is 2.66. The first-order chi connectivity index (χ1) is 7.19. The molecule has 1 N–H and O–H groups in total. The van der Waals surface area contributed by atoms with Gasteiger partial charge in [-0.15, -0.1) is 0 Å². The van der Waals surface area contributed by atoms with Gasteiger partial charge < -0.3 is 9.84 Å². The normalized spacial score (nSPS) is 18.3. The number of aliphatic hydroxyl groups is 1. The number of benzene rings is 1. The molecule has 1 aliphatic heterocycles. The molecule has 1 heterocycles. The SMILES string of the molecule is O=C(c1ccccc1F)C1(CO)COC1. The van der Waals surface area contributed by atoms with Crippen molar-refractivity contribution in [2.24, 2.45) is 5.41 Å². The molecule has 80 valence electrons. The standard InChI is InChI=1S/C11H11FO3/c12-9-4-2-1-3-8(9)10(14)11(5-13)6-15-7-11/h1-4,13H,5-7H2. The quantitative estimate of drug-likeness (QED) is 0.757. The lowest BCUT2D eigenvalue weighted by Gasteiger charge is -2.38. The van der Waals surface area contributed by atoms with E-state index in [4.69, 9.17) is 9.84 Å². The van der Waals surface area contributed by atoms with Gasteiger partial charge in [0.15, 0.2) is 5.78 Å². The van der Waals surface area contributed by atoms with Crippen LogP contribution >= 0.6 is 0 Å². The zero-order chi connectivity index (χ0) is 10.9. The Morgan fingerprint density at radius 2 is 2.13 bits per heavy atom. The maximum absolute atomic E-state index is 13.3. The van der Waals surface area contributed by atoms with Crippen LogP contribution in [0.4, 0.5) is 4.39 Å². The van der Waals surface area contributed by atoms with E-state index < -0.39 is 11.2 Å². The Hall–Kier alpha value is -1.26. The zero-order valence-electron chi connectivity index (χ0n) is 8.07. The van der Waals surface area contributed by atoms with Crippen molar-refractivity contribution in [1.82, 2.24) is 0 Å². The molecule has 15 heavy (non-hydrogen) atoms. The number of carbonyl (C=O) groups excluding carboxylic acids is 1. The number of carbonyl (C=O) groups is 1. The second kappa shape index (κ2) is 3.72. The van der Waals surface area contributed by atoms with Gasteiger partial charge in [0.2, 0.25) is 0 Å². The van der Waals surface area contributed by atoms with Gasteiger partial charge in [-0.3, -0.25) is 4.79 Å². The van der Waals surface area contributed by atoms with E-state index in [1.54, 1.807) is 6.07 Å². The van der Waals surface area contributed by atoms with E-state index >= 15 is 0 Å². The first-order valence-electron chi connectivity index (χ1n) is 4.67. The van der Waals surface area contributed by atoms with Crippen LogP contribution in [0, 0.1) is 11.2 Å². The minimum absolute atomic E-state index is 0.0230. The predicted molar refractivity (Wildman–Crippen MR) is 51.1 cm³/mol. The van der Waals surface area contributed by atoms with Gasteiger partial charge >= 0.3 is 0 Å². The summed E-state index contributed by atoms with van der Waals surface area (Å²) >= 11 is 0. The van der Waals surface area contributed by atoms with Crippen LogP contribution < -0.4 is 0 Å². The predicted octanol–water partition coefficient (Wildman–Crippen LogP) is 1.02. The van der Waals surface area contributed by atoms with Crippen LogP contribution in [-0.4, -0.2) is 30.7 Å². The van der Waals surface area contributed by atoms with Crippen molar-refractivity contribution >= 4 is 5.78 Å². The minimum Gasteiger partial charge on any atom is -0.395 e. The fraction of sp³-hybridized carbons (Fsp3) is 0.364. The summed E-state index contributed by atoms with van der Waals surface area (Å²) in [5.41, 5.74) is -0.905. The smallest absolute Gasteiger partial charge is 0.178 e. The summed E-state index contributed by atoms with van der Waals surface area (Å²) in [5, 5.41) is 9.14. The Bertz CT molecular complexity index is 380. The number of ether oxygens (including phenoxy) is 1. The third-order valence-electron chi connectivity index (χ3n) is 2.66. The van der Waals surface area contributed by atoms with E-state index in [2.05, 4.69) is 0 Å². The largest absolute Gasteiger partial charge is 0.395 e. The van der Waals surface area contributed by atoms with Crippen LogP contribution in [-0.2, 0) is 4.74 Å². The Kier molecular flexibility index (Phi) is 2.54. The molecule has 1 fully saturated rings. The van der Waals surface area contributed by atoms with Crippen LogP contribution in [0.25, 0.3) is 0 Å². The minimum atomic E-state index is -0.928. The molecule has 1 aromatic carbocycles. The lowest BCUT2D eigenvalue weighted by atomic mass is 9.79. The lowest BCUT2D eigenvalue weighted by Crippen LogP contribution is -2.52. The highest BCUT2D eigenvalue weighted by molar-refractivity contribution is 6.01. The van der Waals surface area contributed by atoms with Crippen LogP contribution in [0.5, 0.6) is 0 Å². The van der Waals surface area contributed by atoms with Crippen molar-refractivity contribution in [1.29, 1.82) is 0 Å². The summed E-state index contributed by atoms with van der Waals surface area (Å²) < 4.78 is 18.2. The maximum atomic E-state index is 13.3. The molecule has 1 aromatic rings. The van der Waals surface area contributed by atoms with Crippen molar-refractivity contribution in [3.63, 3.8) is 0 Å². The lowest BCUT2D eigenvalue weighted by molar-refractivity contribution is -0.109. The molecule has 0 aliphatic carbocycles. The summed E-state index contributed by atoms with van der Waals surface area (Å²) in [6.07, 6.45) is 0. The highest BCUT2D eigenvalue weighted by Gasteiger charge is 2.46. The van der Waals surface area contributed by atoms with Gasteiger partial charge in [0, 0.05) is 0 Å². The van der Waals surface area contributed by atoms with E-state index in [1.165, 1.54) is 18.2 Å². The van der Waals surface area contributed by atoms with Gasteiger partial charge in [-0.05, 0) is 12.1 Å². The molecule has 0 radical (unpaired) electrons. The monoisotopic (exact) mass is 210 g/mol. The van der Waals surface area contributed by atoms with Crippen molar-refractivity contribution < 1.29 is 19.0 Å². The van der Waals surface area contributed by atoms with E-state index in [1.807, 2.05) is 0 Å². The summed E-state index contributed by atoms with van der Waals surface area (Å²) in [4.78, 5) is 11.9. The van der Waals surface area contributed by atoms with Gasteiger partial charge in [-0.1, -0.05) is 12.1 Å². The molecule has 2 rings (SSSR count). The first-order valence-corrected chi connectivity index (χ1v) is 4.67.